The number of aliphatic hydroxyl groups excluding tert-OH is 8. The van der Waals surface area contributed by atoms with Crippen molar-refractivity contribution < 1.29 is 64.6 Å². The molecule has 86 heavy (non-hydrogen) atoms. The Morgan fingerprint density at radius 3 is 1.10 bits per heavy atom. The predicted octanol–water partition coefficient (Wildman–Crippen LogP) is 15.1. The molecule has 14 nitrogen and oxygen atoms in total. The lowest BCUT2D eigenvalue weighted by molar-refractivity contribution is -0.359. The molecule has 12 atom stereocenters. The second kappa shape index (κ2) is 57.4. The number of hydrogen-bond donors (Lipinski definition) is 9. The highest BCUT2D eigenvalue weighted by atomic mass is 16.7. The largest absolute Gasteiger partial charge is 0.394 e. The van der Waals surface area contributed by atoms with Gasteiger partial charge in [0.2, 0.25) is 5.91 Å². The summed E-state index contributed by atoms with van der Waals surface area (Å²) < 4.78 is 22.9. The fourth-order valence-corrected chi connectivity index (χ4v) is 12.3. The van der Waals surface area contributed by atoms with Crippen LogP contribution in [0.5, 0.6) is 0 Å². The zero-order valence-corrected chi connectivity index (χ0v) is 55.3. The summed E-state index contributed by atoms with van der Waals surface area (Å²) in [5.74, 6) is -0.234. The first-order valence-electron chi connectivity index (χ1n) is 36.6. The van der Waals surface area contributed by atoms with Crippen molar-refractivity contribution in [3.8, 4) is 0 Å². The smallest absolute Gasteiger partial charge is 0.220 e. The molecule has 0 spiro atoms. The molecule has 0 aromatic carbocycles. The second-order valence-corrected chi connectivity index (χ2v) is 26.1. The van der Waals surface area contributed by atoms with Crippen molar-refractivity contribution in [2.75, 3.05) is 19.8 Å². The van der Waals surface area contributed by atoms with Crippen LogP contribution in [0.3, 0.4) is 0 Å². The van der Waals surface area contributed by atoms with Gasteiger partial charge < -0.3 is 65.1 Å². The van der Waals surface area contributed by atoms with Gasteiger partial charge in [0.1, 0.15) is 48.8 Å². The van der Waals surface area contributed by atoms with Crippen LogP contribution in [-0.2, 0) is 23.7 Å². The van der Waals surface area contributed by atoms with E-state index in [1.54, 1.807) is 6.08 Å². The Morgan fingerprint density at radius 1 is 0.407 bits per heavy atom. The molecule has 2 aliphatic rings. The topological polar surface area (TPSA) is 228 Å². The molecular formula is C72H137NO13. The summed E-state index contributed by atoms with van der Waals surface area (Å²) in [6, 6.07) is -0.915. The van der Waals surface area contributed by atoms with Gasteiger partial charge in [-0.05, 0) is 44.9 Å². The van der Waals surface area contributed by atoms with Crippen LogP contribution < -0.4 is 5.32 Å². The quantitative estimate of drug-likeness (QED) is 0.0204. The van der Waals surface area contributed by atoms with E-state index in [0.29, 0.717) is 6.42 Å². The monoisotopic (exact) mass is 1220 g/mol. The molecule has 1 amide bonds. The molecule has 2 heterocycles. The summed E-state index contributed by atoms with van der Waals surface area (Å²) in [7, 11) is 0. The summed E-state index contributed by atoms with van der Waals surface area (Å²) in [5.41, 5.74) is 0. The van der Waals surface area contributed by atoms with Gasteiger partial charge in [0, 0.05) is 6.42 Å². The normalized spacial score (nSPS) is 23.5. The number of hydrogen-bond acceptors (Lipinski definition) is 13. The van der Waals surface area contributed by atoms with Gasteiger partial charge in [-0.25, -0.2) is 0 Å². The van der Waals surface area contributed by atoms with Gasteiger partial charge in [-0.15, -0.1) is 0 Å². The summed E-state index contributed by atoms with van der Waals surface area (Å²) >= 11 is 0. The molecule has 12 unspecified atom stereocenters. The summed E-state index contributed by atoms with van der Waals surface area (Å²) in [6.07, 6.45) is 55.2. The van der Waals surface area contributed by atoms with Crippen LogP contribution in [0.4, 0.5) is 0 Å². The van der Waals surface area contributed by atoms with Crippen molar-refractivity contribution in [1.82, 2.24) is 5.32 Å². The molecule has 0 saturated carbocycles. The standard InChI is InChI=1S/C72H137NO13/c1-3-5-7-9-11-13-15-17-19-21-23-25-27-28-29-30-31-32-34-35-37-39-41-43-45-47-49-51-53-55-61(76)60(59-83-71-69(82)67(80)70(63(58-75)85-71)86-72-68(81)66(79)65(78)62(57-74)84-72)73-64(77)56-54-52-50-48-46-44-42-40-38-36-33-26-24-22-20-18-16-14-12-10-8-6-4-2/h22,24,53,55,60-63,65-72,74-76,78-82H,3-21,23,25-52,54,56-59H2,1-2H3,(H,73,77)/b24-22-,55-53+. The lowest BCUT2D eigenvalue weighted by Crippen LogP contribution is -2.65. The van der Waals surface area contributed by atoms with Gasteiger partial charge >= 0.3 is 0 Å². The highest BCUT2D eigenvalue weighted by Gasteiger charge is 2.51. The Morgan fingerprint density at radius 2 is 0.733 bits per heavy atom. The van der Waals surface area contributed by atoms with Crippen molar-refractivity contribution in [2.45, 2.75) is 408 Å². The number of rotatable bonds is 61. The second-order valence-electron chi connectivity index (χ2n) is 26.1. The maximum Gasteiger partial charge on any atom is 0.220 e. The Bertz CT molecular complexity index is 1540. The number of carbonyl (C=O) groups is 1. The first-order chi connectivity index (χ1) is 42.1. The van der Waals surface area contributed by atoms with E-state index in [1.165, 1.54) is 270 Å². The molecule has 0 aliphatic carbocycles. The van der Waals surface area contributed by atoms with E-state index >= 15 is 0 Å². The maximum absolute atomic E-state index is 13.3. The van der Waals surface area contributed by atoms with E-state index in [1.807, 2.05) is 6.08 Å². The average molecular weight is 1220 g/mol. The minimum Gasteiger partial charge on any atom is -0.394 e. The van der Waals surface area contributed by atoms with Gasteiger partial charge in [-0.2, -0.15) is 0 Å². The molecule has 2 aliphatic heterocycles. The number of unbranched alkanes of at least 4 members (excludes halogenated alkanes) is 46. The van der Waals surface area contributed by atoms with Crippen molar-refractivity contribution >= 4 is 5.91 Å². The molecule has 9 N–H and O–H groups in total. The highest BCUT2D eigenvalue weighted by Crippen LogP contribution is 2.30. The van der Waals surface area contributed by atoms with Crippen LogP contribution >= 0.6 is 0 Å². The van der Waals surface area contributed by atoms with Crippen molar-refractivity contribution in [3.05, 3.63) is 24.3 Å². The van der Waals surface area contributed by atoms with Crippen LogP contribution in [0, 0.1) is 0 Å². The average Bonchev–Trinajstić information content (AvgIpc) is 2.54. The Hall–Kier alpha value is -1.53. The van der Waals surface area contributed by atoms with Gasteiger partial charge in [-0.3, -0.25) is 4.79 Å². The molecule has 508 valence electrons. The molecule has 0 aromatic heterocycles. The Kier molecular flexibility index (Phi) is 53.7. The molecule has 2 fully saturated rings. The number of ether oxygens (including phenoxy) is 4. The number of allylic oxidation sites excluding steroid dienone is 3. The molecular weight excluding hydrogens is 1090 g/mol. The van der Waals surface area contributed by atoms with Crippen molar-refractivity contribution in [3.63, 3.8) is 0 Å². The van der Waals surface area contributed by atoms with E-state index in [0.717, 1.165) is 38.5 Å². The van der Waals surface area contributed by atoms with Gasteiger partial charge in [0.05, 0.1) is 32.0 Å². The van der Waals surface area contributed by atoms with Crippen LogP contribution in [0.2, 0.25) is 0 Å². The van der Waals surface area contributed by atoms with Crippen molar-refractivity contribution in [1.29, 1.82) is 0 Å². The van der Waals surface area contributed by atoms with Crippen LogP contribution in [0.25, 0.3) is 0 Å². The molecule has 0 radical (unpaired) electrons. The van der Waals surface area contributed by atoms with Gasteiger partial charge in [-0.1, -0.05) is 308 Å². The zero-order chi connectivity index (χ0) is 62.3. The first-order valence-corrected chi connectivity index (χ1v) is 36.6. The fourth-order valence-electron chi connectivity index (χ4n) is 12.3. The third-order valence-corrected chi connectivity index (χ3v) is 18.1. The fraction of sp³-hybridized carbons (Fsp3) is 0.931. The van der Waals surface area contributed by atoms with E-state index < -0.39 is 86.8 Å². The van der Waals surface area contributed by atoms with E-state index in [-0.39, 0.29) is 18.9 Å². The molecule has 2 rings (SSSR count). The number of amides is 1. The third kappa shape index (κ3) is 41.1. The number of nitrogens with one attached hydrogen (secondary N) is 1. The van der Waals surface area contributed by atoms with E-state index in [9.17, 15) is 45.6 Å². The van der Waals surface area contributed by atoms with Crippen LogP contribution in [-0.4, -0.2) is 140 Å². The molecule has 0 aromatic rings. The molecule has 0 bridgehead atoms. The summed E-state index contributed by atoms with van der Waals surface area (Å²) in [4.78, 5) is 13.3. The first kappa shape index (κ1) is 80.6. The van der Waals surface area contributed by atoms with Gasteiger partial charge in [0.15, 0.2) is 12.6 Å². The maximum atomic E-state index is 13.3. The van der Waals surface area contributed by atoms with E-state index in [4.69, 9.17) is 18.9 Å². The minimum atomic E-state index is -1.79. The zero-order valence-electron chi connectivity index (χ0n) is 55.3. The number of aliphatic hydroxyl groups is 8. The molecule has 2 saturated heterocycles. The summed E-state index contributed by atoms with van der Waals surface area (Å²) in [5, 5.41) is 87.5. The SMILES string of the molecule is CCCCCCCCCC/C=C\CCCCCCCCCCCCCC(=O)NC(COC1OC(CO)C(OC2OC(CO)C(O)C(O)C2O)C(O)C1O)C(O)/C=C/CCCCCCCCCCCCCCCCCCCCCCCCCCCCC. The lowest BCUT2D eigenvalue weighted by atomic mass is 9.97. The van der Waals surface area contributed by atoms with E-state index in [2.05, 4.69) is 31.3 Å². The Labute approximate surface area is 526 Å². The minimum absolute atomic E-state index is 0.234. The number of carbonyl (C=O) groups excluding carboxylic acids is 1. The van der Waals surface area contributed by atoms with Crippen molar-refractivity contribution in [2.24, 2.45) is 0 Å². The highest BCUT2D eigenvalue weighted by molar-refractivity contribution is 5.76. The predicted molar refractivity (Wildman–Crippen MR) is 351 cm³/mol. The lowest BCUT2D eigenvalue weighted by Gasteiger charge is -2.46. The van der Waals surface area contributed by atoms with Crippen LogP contribution in [0.15, 0.2) is 24.3 Å². The van der Waals surface area contributed by atoms with Crippen LogP contribution in [0.1, 0.15) is 335 Å². The third-order valence-electron chi connectivity index (χ3n) is 18.1. The molecule has 14 heteroatoms. The van der Waals surface area contributed by atoms with Gasteiger partial charge in [0.25, 0.3) is 0 Å². The summed E-state index contributed by atoms with van der Waals surface area (Å²) in [6.45, 7) is 2.85. The Balaban J connectivity index is 1.67.